The number of hydrogen-bond donors (Lipinski definition) is 1. The van der Waals surface area contributed by atoms with Crippen molar-refractivity contribution in [3.63, 3.8) is 0 Å². The summed E-state index contributed by atoms with van der Waals surface area (Å²) in [6, 6.07) is 18.5. The van der Waals surface area contributed by atoms with E-state index in [1.807, 2.05) is 0 Å². The second-order valence-electron chi connectivity index (χ2n) is 8.73. The minimum Gasteiger partial charge on any atom is -0.494 e. The predicted molar refractivity (Wildman–Crippen MR) is 154 cm³/mol. The van der Waals surface area contributed by atoms with Gasteiger partial charge in [-0.3, -0.25) is 5.32 Å². The molecule has 0 heterocycles. The number of amides is 1. The summed E-state index contributed by atoms with van der Waals surface area (Å²) in [5.41, 5.74) is 1.36. The molecule has 42 heavy (non-hydrogen) atoms. The number of unbranched alkanes of at least 4 members (excludes halogenated alkanes) is 1. The van der Waals surface area contributed by atoms with Gasteiger partial charge >= 0.3 is 24.0 Å². The highest BCUT2D eigenvalue weighted by molar-refractivity contribution is 5.93. The number of anilines is 1. The molecule has 216 valence electrons. The Morgan fingerprint density at radius 3 is 1.76 bits per heavy atom. The molecule has 0 atom stereocenters. The van der Waals surface area contributed by atoms with E-state index >= 15 is 0 Å². The molecular formula is C32H29NO9. The molecule has 1 N–H and O–H groups in total. The summed E-state index contributed by atoms with van der Waals surface area (Å²) < 4.78 is 26.1. The van der Waals surface area contributed by atoms with Crippen molar-refractivity contribution in [2.45, 2.75) is 19.8 Å². The summed E-state index contributed by atoms with van der Waals surface area (Å²) in [5.74, 6) is 1.69. The zero-order valence-electron chi connectivity index (χ0n) is 22.9. The van der Waals surface area contributed by atoms with Gasteiger partial charge in [-0.25, -0.2) is 19.2 Å². The van der Waals surface area contributed by atoms with Crippen LogP contribution in [0.15, 0.2) is 84.9 Å². The lowest BCUT2D eigenvalue weighted by molar-refractivity contribution is -0.139. The molecule has 0 bridgehead atoms. The molecule has 0 fully saturated rings. The van der Waals surface area contributed by atoms with Gasteiger partial charge in [0.2, 0.25) is 0 Å². The molecule has 0 unspecified atom stereocenters. The van der Waals surface area contributed by atoms with E-state index in [4.69, 9.17) is 30.1 Å². The lowest BCUT2D eigenvalue weighted by Crippen LogP contribution is -2.14. The summed E-state index contributed by atoms with van der Waals surface area (Å²) in [6.45, 7) is 5.69. The van der Waals surface area contributed by atoms with Gasteiger partial charge < -0.3 is 23.7 Å². The van der Waals surface area contributed by atoms with Crippen molar-refractivity contribution in [3.05, 3.63) is 96.1 Å². The van der Waals surface area contributed by atoms with Crippen LogP contribution in [0.1, 0.15) is 40.5 Å². The van der Waals surface area contributed by atoms with E-state index in [0.29, 0.717) is 48.6 Å². The number of ether oxygens (including phenoxy) is 5. The normalized spacial score (nSPS) is 10.0. The van der Waals surface area contributed by atoms with Crippen LogP contribution in [-0.4, -0.2) is 43.8 Å². The number of rotatable bonds is 13. The predicted octanol–water partition coefficient (Wildman–Crippen LogP) is 5.59. The summed E-state index contributed by atoms with van der Waals surface area (Å²) >= 11 is 0. The number of carbonyl (C=O) groups excluding carboxylic acids is 4. The van der Waals surface area contributed by atoms with Crippen molar-refractivity contribution in [2.75, 3.05) is 25.1 Å². The van der Waals surface area contributed by atoms with E-state index in [9.17, 15) is 19.2 Å². The monoisotopic (exact) mass is 571 g/mol. The van der Waals surface area contributed by atoms with Gasteiger partial charge in [-0.05, 0) is 92.6 Å². The first-order chi connectivity index (χ1) is 20.2. The molecular weight excluding hydrogens is 542 g/mol. The van der Waals surface area contributed by atoms with Gasteiger partial charge in [-0.1, -0.05) is 12.5 Å². The topological polar surface area (TPSA) is 126 Å². The van der Waals surface area contributed by atoms with E-state index in [2.05, 4.69) is 17.8 Å². The van der Waals surface area contributed by atoms with Gasteiger partial charge in [-0.15, -0.1) is 6.42 Å². The third kappa shape index (κ3) is 10.2. The van der Waals surface area contributed by atoms with Gasteiger partial charge in [0.25, 0.3) is 0 Å². The Morgan fingerprint density at radius 2 is 1.24 bits per heavy atom. The highest BCUT2D eigenvalue weighted by atomic mass is 16.6. The van der Waals surface area contributed by atoms with Crippen LogP contribution < -0.4 is 19.5 Å². The van der Waals surface area contributed by atoms with Crippen LogP contribution in [-0.2, 0) is 14.3 Å². The largest absolute Gasteiger partial charge is 0.494 e. The number of terminal acetylenes is 1. The van der Waals surface area contributed by atoms with Crippen molar-refractivity contribution in [2.24, 2.45) is 0 Å². The fourth-order valence-electron chi connectivity index (χ4n) is 3.23. The molecule has 0 aromatic heterocycles. The van der Waals surface area contributed by atoms with Gasteiger partial charge in [0, 0.05) is 11.3 Å². The third-order valence-corrected chi connectivity index (χ3v) is 5.38. The van der Waals surface area contributed by atoms with Crippen LogP contribution >= 0.6 is 0 Å². The minimum absolute atomic E-state index is 0.155. The molecule has 10 heteroatoms. The molecule has 3 aromatic rings. The average Bonchev–Trinajstić information content (AvgIpc) is 2.99. The minimum atomic E-state index is -0.709. The van der Waals surface area contributed by atoms with Gasteiger partial charge in [0.05, 0.1) is 24.3 Å². The summed E-state index contributed by atoms with van der Waals surface area (Å²) in [5, 5.41) is 2.48. The Balaban J connectivity index is 1.42. The zero-order chi connectivity index (χ0) is 30.3. The van der Waals surface area contributed by atoms with Crippen molar-refractivity contribution in [3.8, 4) is 29.6 Å². The van der Waals surface area contributed by atoms with E-state index < -0.39 is 24.0 Å². The van der Waals surface area contributed by atoms with Crippen LogP contribution in [0.5, 0.6) is 17.2 Å². The van der Waals surface area contributed by atoms with Crippen molar-refractivity contribution >= 4 is 29.7 Å². The Labute approximate surface area is 243 Å². The molecule has 3 rings (SSSR count). The first kappa shape index (κ1) is 31.0. The SMILES string of the molecule is C#CCOC(=O)Nc1ccc(C(=O)Oc2ccc(OC(=O)c3ccc(OCCCCOC(=O)C(=C)C)cc3)cc2)cc1. The molecule has 1 amide bonds. The lowest BCUT2D eigenvalue weighted by atomic mass is 10.2. The van der Waals surface area contributed by atoms with Crippen LogP contribution in [0.25, 0.3) is 0 Å². The fourth-order valence-corrected chi connectivity index (χ4v) is 3.23. The van der Waals surface area contributed by atoms with E-state index in [1.165, 1.54) is 48.5 Å². The van der Waals surface area contributed by atoms with Crippen molar-refractivity contribution in [1.82, 2.24) is 0 Å². The molecule has 0 spiro atoms. The summed E-state index contributed by atoms with van der Waals surface area (Å²) in [6.07, 6.45) is 5.67. The Hall–Kier alpha value is -5.56. The maximum Gasteiger partial charge on any atom is 0.412 e. The Kier molecular flexibility index (Phi) is 11.7. The number of hydrogen-bond acceptors (Lipinski definition) is 9. The second-order valence-corrected chi connectivity index (χ2v) is 8.73. The standard InChI is InChI=1S/C32H29NO9/c1-4-19-40-32(37)33-25-11-7-23(8-12-25)30(35)41-27-15-17-28(18-16-27)42-31(36)24-9-13-26(14-10-24)38-20-5-6-21-39-29(34)22(2)3/h1,7-18H,2,5-6,19-21H2,3H3,(H,33,37). The summed E-state index contributed by atoms with van der Waals surface area (Å²) in [7, 11) is 0. The Bertz CT molecular complexity index is 1440. The van der Waals surface area contributed by atoms with E-state index in [1.54, 1.807) is 31.2 Å². The van der Waals surface area contributed by atoms with E-state index in [-0.39, 0.29) is 23.7 Å². The Morgan fingerprint density at radius 1 is 0.738 bits per heavy atom. The van der Waals surface area contributed by atoms with Gasteiger partial charge in [0.15, 0.2) is 6.61 Å². The van der Waals surface area contributed by atoms with Crippen LogP contribution in [0.4, 0.5) is 10.5 Å². The first-order valence-electron chi connectivity index (χ1n) is 12.8. The molecule has 0 aliphatic rings. The van der Waals surface area contributed by atoms with E-state index in [0.717, 1.165) is 0 Å². The highest BCUT2D eigenvalue weighted by Crippen LogP contribution is 2.21. The van der Waals surface area contributed by atoms with Crippen LogP contribution in [0, 0.1) is 12.3 Å². The zero-order valence-corrected chi connectivity index (χ0v) is 22.9. The lowest BCUT2D eigenvalue weighted by Gasteiger charge is -2.09. The third-order valence-electron chi connectivity index (χ3n) is 5.38. The molecule has 0 saturated heterocycles. The van der Waals surface area contributed by atoms with Crippen LogP contribution in [0.2, 0.25) is 0 Å². The van der Waals surface area contributed by atoms with Crippen molar-refractivity contribution < 1.29 is 42.9 Å². The number of carbonyl (C=O) groups is 4. The fraction of sp³-hybridized carbons (Fsp3) is 0.188. The average molecular weight is 572 g/mol. The summed E-state index contributed by atoms with van der Waals surface area (Å²) in [4.78, 5) is 47.8. The first-order valence-corrected chi connectivity index (χ1v) is 12.8. The molecule has 0 aliphatic carbocycles. The number of esters is 3. The smallest absolute Gasteiger partial charge is 0.412 e. The molecule has 3 aromatic carbocycles. The maximum absolute atomic E-state index is 12.5. The van der Waals surface area contributed by atoms with Gasteiger partial charge in [-0.2, -0.15) is 0 Å². The molecule has 0 saturated carbocycles. The maximum atomic E-state index is 12.5. The second kappa shape index (κ2) is 15.9. The van der Waals surface area contributed by atoms with Crippen molar-refractivity contribution in [1.29, 1.82) is 0 Å². The quantitative estimate of drug-likeness (QED) is 0.0919. The highest BCUT2D eigenvalue weighted by Gasteiger charge is 2.12. The number of benzene rings is 3. The molecule has 0 radical (unpaired) electrons. The molecule has 10 nitrogen and oxygen atoms in total. The van der Waals surface area contributed by atoms with Gasteiger partial charge in [0.1, 0.15) is 17.2 Å². The molecule has 0 aliphatic heterocycles. The van der Waals surface area contributed by atoms with Crippen LogP contribution in [0.3, 0.4) is 0 Å². The number of nitrogens with one attached hydrogen (secondary N) is 1.